The summed E-state index contributed by atoms with van der Waals surface area (Å²) in [5.41, 5.74) is 2.63. The van der Waals surface area contributed by atoms with E-state index in [9.17, 15) is 4.39 Å². The van der Waals surface area contributed by atoms with Gasteiger partial charge in [0, 0.05) is 9.26 Å². The summed E-state index contributed by atoms with van der Waals surface area (Å²) < 4.78 is 14.9. The molecule has 0 amide bonds. The third kappa shape index (κ3) is 2.62. The van der Waals surface area contributed by atoms with Gasteiger partial charge in [-0.3, -0.25) is 0 Å². The third-order valence-corrected chi connectivity index (χ3v) is 3.80. The zero-order valence-corrected chi connectivity index (χ0v) is 11.8. The van der Waals surface area contributed by atoms with Crippen molar-refractivity contribution >= 4 is 34.0 Å². The van der Waals surface area contributed by atoms with Crippen molar-refractivity contribution in [3.05, 3.63) is 56.9 Å². The molecule has 0 bridgehead atoms. The second-order valence-corrected chi connectivity index (χ2v) is 5.01. The van der Waals surface area contributed by atoms with Gasteiger partial charge in [-0.15, -0.1) is 0 Å². The van der Waals surface area contributed by atoms with Crippen LogP contribution in [-0.4, -0.2) is 0 Å². The maximum absolute atomic E-state index is 13.7. The maximum Gasteiger partial charge on any atom is 0.147 e. The largest absolute Gasteiger partial charge is 0.353 e. The van der Waals surface area contributed by atoms with Crippen LogP contribution in [0, 0.1) is 27.6 Å². The zero-order chi connectivity index (χ0) is 13.1. The molecule has 0 radical (unpaired) electrons. The van der Waals surface area contributed by atoms with Crippen LogP contribution in [0.4, 0.5) is 15.8 Å². The number of benzene rings is 2. The van der Waals surface area contributed by atoms with Gasteiger partial charge in [0.25, 0.3) is 0 Å². The van der Waals surface area contributed by atoms with Crippen molar-refractivity contribution in [2.24, 2.45) is 0 Å². The molecule has 0 atom stereocenters. The Labute approximate surface area is 119 Å². The normalized spacial score (nSPS) is 9.89. The van der Waals surface area contributed by atoms with Crippen LogP contribution in [0.15, 0.2) is 36.4 Å². The van der Waals surface area contributed by atoms with Crippen LogP contribution in [0.1, 0.15) is 11.1 Å². The van der Waals surface area contributed by atoms with Gasteiger partial charge in [-0.2, -0.15) is 5.26 Å². The maximum atomic E-state index is 13.7. The fourth-order valence-corrected chi connectivity index (χ4v) is 2.07. The smallest absolute Gasteiger partial charge is 0.147 e. The van der Waals surface area contributed by atoms with E-state index in [2.05, 4.69) is 27.9 Å². The molecule has 1 N–H and O–H groups in total. The van der Waals surface area contributed by atoms with E-state index in [0.29, 0.717) is 11.3 Å². The average Bonchev–Trinajstić information content (AvgIpc) is 2.37. The highest BCUT2D eigenvalue weighted by atomic mass is 127. The second kappa shape index (κ2) is 5.36. The van der Waals surface area contributed by atoms with Gasteiger partial charge in [0.1, 0.15) is 5.82 Å². The fourth-order valence-electron chi connectivity index (χ4n) is 1.57. The summed E-state index contributed by atoms with van der Waals surface area (Å²) in [6.07, 6.45) is 0. The lowest BCUT2D eigenvalue weighted by Crippen LogP contribution is -1.97. The van der Waals surface area contributed by atoms with E-state index in [1.54, 1.807) is 12.1 Å². The Hall–Kier alpha value is -1.61. The van der Waals surface area contributed by atoms with Gasteiger partial charge in [0.2, 0.25) is 0 Å². The predicted molar refractivity (Wildman–Crippen MR) is 78.3 cm³/mol. The van der Waals surface area contributed by atoms with Crippen molar-refractivity contribution in [2.75, 3.05) is 5.32 Å². The van der Waals surface area contributed by atoms with Crippen molar-refractivity contribution in [2.45, 2.75) is 6.92 Å². The highest BCUT2D eigenvalue weighted by Crippen LogP contribution is 2.26. The van der Waals surface area contributed by atoms with Crippen molar-refractivity contribution < 1.29 is 4.39 Å². The van der Waals surface area contributed by atoms with Crippen LogP contribution in [0.25, 0.3) is 0 Å². The molecule has 18 heavy (non-hydrogen) atoms. The van der Waals surface area contributed by atoms with Gasteiger partial charge in [-0.1, -0.05) is 6.07 Å². The Morgan fingerprint density at radius 1 is 1.22 bits per heavy atom. The standard InChI is InChI=1S/C14H10FIN2/c1-9-12(16)3-2-4-13(9)18-14-6-5-10(8-17)7-11(14)15/h2-7,18H,1H3. The van der Waals surface area contributed by atoms with Gasteiger partial charge in [-0.05, 0) is 65.4 Å². The summed E-state index contributed by atoms with van der Waals surface area (Å²) >= 11 is 2.24. The second-order valence-electron chi connectivity index (χ2n) is 3.84. The predicted octanol–water partition coefficient (Wildman–Crippen LogP) is 4.35. The number of rotatable bonds is 2. The Morgan fingerprint density at radius 3 is 2.67 bits per heavy atom. The molecule has 0 aliphatic carbocycles. The Balaban J connectivity index is 2.35. The Kier molecular flexibility index (Phi) is 3.82. The van der Waals surface area contributed by atoms with Gasteiger partial charge in [0.05, 0.1) is 17.3 Å². The number of nitrogens with one attached hydrogen (secondary N) is 1. The molecule has 90 valence electrons. The molecule has 0 heterocycles. The van der Waals surface area contributed by atoms with Gasteiger partial charge in [-0.25, -0.2) is 4.39 Å². The molecule has 2 nitrogen and oxygen atoms in total. The van der Waals surface area contributed by atoms with Crippen molar-refractivity contribution in [3.63, 3.8) is 0 Å². The van der Waals surface area contributed by atoms with E-state index in [-0.39, 0.29) is 0 Å². The molecule has 2 aromatic rings. The van der Waals surface area contributed by atoms with Crippen LogP contribution in [0.2, 0.25) is 0 Å². The molecule has 0 aliphatic rings. The first kappa shape index (κ1) is 12.8. The number of nitriles is 1. The lowest BCUT2D eigenvalue weighted by atomic mass is 10.1. The average molecular weight is 352 g/mol. The van der Waals surface area contributed by atoms with E-state index >= 15 is 0 Å². The first-order valence-corrected chi connectivity index (χ1v) is 6.41. The number of nitrogens with zero attached hydrogens (tertiary/aromatic N) is 1. The number of halogens is 2. The molecular weight excluding hydrogens is 342 g/mol. The molecule has 0 unspecified atom stereocenters. The fraction of sp³-hybridized carbons (Fsp3) is 0.0714. The van der Waals surface area contributed by atoms with Crippen LogP contribution in [0.3, 0.4) is 0 Å². The molecule has 2 rings (SSSR count). The number of hydrogen-bond acceptors (Lipinski definition) is 2. The lowest BCUT2D eigenvalue weighted by molar-refractivity contribution is 0.631. The SMILES string of the molecule is Cc1c(I)cccc1Nc1ccc(C#N)cc1F. The van der Waals surface area contributed by atoms with Crippen LogP contribution < -0.4 is 5.32 Å². The van der Waals surface area contributed by atoms with Crippen molar-refractivity contribution in [1.29, 1.82) is 5.26 Å². The van der Waals surface area contributed by atoms with E-state index < -0.39 is 5.82 Å². The minimum Gasteiger partial charge on any atom is -0.353 e. The quantitative estimate of drug-likeness (QED) is 0.816. The number of anilines is 2. The summed E-state index contributed by atoms with van der Waals surface area (Å²) in [4.78, 5) is 0. The van der Waals surface area contributed by atoms with Gasteiger partial charge >= 0.3 is 0 Å². The van der Waals surface area contributed by atoms with Crippen molar-refractivity contribution in [3.8, 4) is 6.07 Å². The summed E-state index contributed by atoms with van der Waals surface area (Å²) in [6, 6.07) is 12.1. The molecule has 0 fully saturated rings. The van der Waals surface area contributed by atoms with E-state index in [1.165, 1.54) is 6.07 Å². The van der Waals surface area contributed by atoms with E-state index in [0.717, 1.165) is 14.8 Å². The van der Waals surface area contributed by atoms with Crippen LogP contribution >= 0.6 is 22.6 Å². The minimum atomic E-state index is -0.424. The number of hydrogen-bond donors (Lipinski definition) is 1. The minimum absolute atomic E-state index is 0.317. The van der Waals surface area contributed by atoms with E-state index in [1.807, 2.05) is 31.2 Å². The van der Waals surface area contributed by atoms with Gasteiger partial charge in [0.15, 0.2) is 0 Å². The summed E-state index contributed by atoms with van der Waals surface area (Å²) in [6.45, 7) is 1.98. The molecule has 0 aliphatic heterocycles. The van der Waals surface area contributed by atoms with Gasteiger partial charge < -0.3 is 5.32 Å². The molecule has 0 aromatic heterocycles. The molecular formula is C14H10FIN2. The topological polar surface area (TPSA) is 35.8 Å². The summed E-state index contributed by atoms with van der Waals surface area (Å²) in [5.74, 6) is -0.424. The molecule has 4 heteroatoms. The molecule has 0 saturated carbocycles. The molecule has 0 saturated heterocycles. The summed E-state index contributed by atoms with van der Waals surface area (Å²) in [5, 5.41) is 11.7. The molecule has 0 spiro atoms. The monoisotopic (exact) mass is 352 g/mol. The van der Waals surface area contributed by atoms with Crippen molar-refractivity contribution in [1.82, 2.24) is 0 Å². The lowest BCUT2D eigenvalue weighted by Gasteiger charge is -2.11. The zero-order valence-electron chi connectivity index (χ0n) is 9.67. The van der Waals surface area contributed by atoms with Crippen LogP contribution in [-0.2, 0) is 0 Å². The molecule has 2 aromatic carbocycles. The van der Waals surface area contributed by atoms with E-state index in [4.69, 9.17) is 5.26 Å². The Morgan fingerprint density at radius 2 is 2.00 bits per heavy atom. The highest BCUT2D eigenvalue weighted by molar-refractivity contribution is 14.1. The highest BCUT2D eigenvalue weighted by Gasteiger charge is 2.06. The first-order valence-electron chi connectivity index (χ1n) is 5.33. The third-order valence-electron chi connectivity index (χ3n) is 2.64. The summed E-state index contributed by atoms with van der Waals surface area (Å²) in [7, 11) is 0. The Bertz CT molecular complexity index is 632. The first-order chi connectivity index (χ1) is 8.61. The van der Waals surface area contributed by atoms with Crippen LogP contribution in [0.5, 0.6) is 0 Å².